The van der Waals surface area contributed by atoms with Crippen molar-refractivity contribution in [3.63, 3.8) is 0 Å². The summed E-state index contributed by atoms with van der Waals surface area (Å²) in [4.78, 5) is 0. The molecular formula is C40H52Cl2SiZr. The first-order valence-corrected chi connectivity index (χ1v) is 24.1. The monoisotopic (exact) mass is 720 g/mol. The number of halogens is 2. The second kappa shape index (κ2) is 21.3. The molecule has 234 valence electrons. The average Bonchev–Trinajstić information content (AvgIpc) is 3.57. The molecule has 0 saturated carbocycles. The third-order valence-corrected chi connectivity index (χ3v) is 6.40. The van der Waals surface area contributed by atoms with Crippen LogP contribution < -0.4 is 0 Å². The van der Waals surface area contributed by atoms with Gasteiger partial charge in [-0.15, -0.1) is 69.1 Å². The third kappa shape index (κ3) is 16.1. The van der Waals surface area contributed by atoms with E-state index in [0.717, 1.165) is 20.6 Å². The van der Waals surface area contributed by atoms with Crippen molar-refractivity contribution >= 4 is 48.1 Å². The van der Waals surface area contributed by atoms with E-state index >= 15 is 0 Å². The van der Waals surface area contributed by atoms with Crippen LogP contribution in [0.2, 0.25) is 13.1 Å². The fraction of sp³-hybridized carbons (Fsp3) is 0.450. The van der Waals surface area contributed by atoms with Gasteiger partial charge in [0.25, 0.3) is 0 Å². The Kier molecular flexibility index (Phi) is 19.6. The van der Waals surface area contributed by atoms with Gasteiger partial charge in [-0.2, -0.15) is 12.1 Å². The summed E-state index contributed by atoms with van der Waals surface area (Å²) in [6.07, 6.45) is 7.38. The molecule has 0 nitrogen and oxygen atoms in total. The molecule has 0 aliphatic carbocycles. The van der Waals surface area contributed by atoms with Crippen molar-refractivity contribution in [3.8, 4) is 23.7 Å². The van der Waals surface area contributed by atoms with Crippen molar-refractivity contribution in [2.45, 2.75) is 107 Å². The fourth-order valence-electron chi connectivity index (χ4n) is 4.37. The number of hydrogen-bond donors (Lipinski definition) is 0. The fourth-order valence-corrected chi connectivity index (χ4v) is 4.37. The molecule has 4 heteroatoms. The molecule has 0 atom stereocenters. The van der Waals surface area contributed by atoms with E-state index in [1.54, 1.807) is 0 Å². The Morgan fingerprint density at radius 1 is 0.682 bits per heavy atom. The number of aryl methyl sites for hydroxylation is 2. The summed E-state index contributed by atoms with van der Waals surface area (Å²) in [5.41, 5.74) is 5.33. The number of benzene rings is 2. The van der Waals surface area contributed by atoms with Crippen molar-refractivity contribution in [2.75, 3.05) is 0 Å². The zero-order valence-corrected chi connectivity index (χ0v) is 33.7. The molecule has 0 aromatic heterocycles. The Balaban J connectivity index is 0.000000373. The standard InChI is InChI=1S/2C19H23.C2H6Si.2ClH.Zr/c2*1-5-6-8-15-13-17-10-7-9-16(18(17)14-15)11-12-19(2,3)4;1-3-2;;;/h2*7,9-10,13-14H,5-6,8H2,1-4H3;1-2H3;2*1H;/q2*-1;;;;+4/p-2. The number of unbranched alkanes of at least 4 members (excludes halogenated alkanes) is 2. The molecule has 0 bridgehead atoms. The van der Waals surface area contributed by atoms with Crippen molar-refractivity contribution in [3.05, 3.63) is 82.9 Å². The second-order valence-corrected chi connectivity index (χ2v) is 17.9. The minimum atomic E-state index is -0.826. The van der Waals surface area contributed by atoms with Crippen LogP contribution in [0.15, 0.2) is 60.7 Å². The molecule has 44 heavy (non-hydrogen) atoms. The maximum atomic E-state index is 4.93. The van der Waals surface area contributed by atoms with Gasteiger partial charge in [0, 0.05) is 20.3 Å². The molecule has 0 aliphatic heterocycles. The molecule has 0 heterocycles. The van der Waals surface area contributed by atoms with Crippen LogP contribution in [0.25, 0.3) is 21.5 Å². The van der Waals surface area contributed by atoms with Crippen LogP contribution in [0.1, 0.15) is 103 Å². The predicted octanol–water partition coefficient (Wildman–Crippen LogP) is 12.8. The van der Waals surface area contributed by atoms with Crippen LogP contribution in [0.3, 0.4) is 0 Å². The first-order chi connectivity index (χ1) is 20.8. The van der Waals surface area contributed by atoms with Crippen molar-refractivity contribution in [1.82, 2.24) is 0 Å². The van der Waals surface area contributed by atoms with Crippen LogP contribution in [0.5, 0.6) is 0 Å². The minimum absolute atomic E-state index is 0.0554. The molecule has 0 N–H and O–H groups in total. The van der Waals surface area contributed by atoms with E-state index in [1.807, 2.05) is 0 Å². The Morgan fingerprint density at radius 3 is 1.32 bits per heavy atom. The molecule has 0 spiro atoms. The molecule has 0 amide bonds. The molecule has 2 radical (unpaired) electrons. The predicted molar refractivity (Wildman–Crippen MR) is 198 cm³/mol. The molecule has 4 rings (SSSR count). The summed E-state index contributed by atoms with van der Waals surface area (Å²) in [5, 5.41) is 5.27. The van der Waals surface area contributed by atoms with E-state index in [2.05, 4.69) is 153 Å². The normalized spacial score (nSPS) is 10.5. The Bertz CT molecular complexity index is 1390. The molecule has 0 unspecified atom stereocenters. The van der Waals surface area contributed by atoms with Crippen LogP contribution in [-0.2, 0) is 33.7 Å². The van der Waals surface area contributed by atoms with Gasteiger partial charge < -0.3 is 0 Å². The van der Waals surface area contributed by atoms with Crippen molar-refractivity contribution < 1.29 is 20.8 Å². The van der Waals surface area contributed by atoms with Crippen LogP contribution >= 0.6 is 17.0 Å². The summed E-state index contributed by atoms with van der Waals surface area (Å²) in [7, 11) is 11.0. The summed E-state index contributed by atoms with van der Waals surface area (Å²) in [6.45, 7) is 21.7. The quantitative estimate of drug-likeness (QED) is 0.106. The molecule has 0 saturated heterocycles. The van der Waals surface area contributed by atoms with Crippen LogP contribution in [-0.4, -0.2) is 9.52 Å². The first-order valence-electron chi connectivity index (χ1n) is 15.8. The third-order valence-electron chi connectivity index (χ3n) is 6.40. The Labute approximate surface area is 291 Å². The van der Waals surface area contributed by atoms with Gasteiger partial charge in [0.2, 0.25) is 0 Å². The number of hydrogen-bond acceptors (Lipinski definition) is 0. The van der Waals surface area contributed by atoms with E-state index < -0.39 is 20.8 Å². The van der Waals surface area contributed by atoms with E-state index in [4.69, 9.17) is 17.0 Å². The summed E-state index contributed by atoms with van der Waals surface area (Å²) >= 11 is -0.826. The van der Waals surface area contributed by atoms with Crippen LogP contribution in [0.4, 0.5) is 0 Å². The van der Waals surface area contributed by atoms with Gasteiger partial charge >= 0.3 is 37.9 Å². The van der Waals surface area contributed by atoms with Gasteiger partial charge in [-0.1, -0.05) is 88.4 Å². The van der Waals surface area contributed by atoms with Gasteiger partial charge in [-0.05, 0) is 65.5 Å². The second-order valence-electron chi connectivity index (χ2n) is 13.1. The van der Waals surface area contributed by atoms with E-state index in [1.165, 1.54) is 71.2 Å². The number of rotatable bonds is 6. The van der Waals surface area contributed by atoms with E-state index in [-0.39, 0.29) is 10.8 Å². The SMILES string of the molecule is CCCCc1cc2c(C#CC(C)(C)C)cccc2[cH-]1.CCCCc1cc2c(C#CC(C)(C)C)cccc2[cH-]1.C[Si]C.[Cl][Zr+2][Cl]. The van der Waals surface area contributed by atoms with Crippen molar-refractivity contribution in [1.29, 1.82) is 0 Å². The van der Waals surface area contributed by atoms with E-state index in [9.17, 15) is 0 Å². The Morgan fingerprint density at radius 2 is 1.02 bits per heavy atom. The van der Waals surface area contributed by atoms with Gasteiger partial charge in [0.1, 0.15) is 0 Å². The molecule has 0 fully saturated rings. The van der Waals surface area contributed by atoms with Gasteiger partial charge in [0.15, 0.2) is 0 Å². The average molecular weight is 723 g/mol. The van der Waals surface area contributed by atoms with Crippen LogP contribution in [0, 0.1) is 34.5 Å². The summed E-state index contributed by atoms with van der Waals surface area (Å²) in [5.74, 6) is 13.4. The number of fused-ring (bicyclic) bond motifs is 2. The first kappa shape index (κ1) is 40.5. The van der Waals surface area contributed by atoms with Gasteiger partial charge in [0.05, 0.1) is 0 Å². The zero-order valence-electron chi connectivity index (χ0n) is 28.8. The van der Waals surface area contributed by atoms with Crippen molar-refractivity contribution in [2.24, 2.45) is 10.8 Å². The summed E-state index contributed by atoms with van der Waals surface area (Å²) in [6, 6.07) is 22.1. The van der Waals surface area contributed by atoms with Gasteiger partial charge in [-0.25, -0.2) is 0 Å². The van der Waals surface area contributed by atoms with Gasteiger partial charge in [-0.3, -0.25) is 0 Å². The Hall–Kier alpha value is -1.54. The topological polar surface area (TPSA) is 0 Å². The van der Waals surface area contributed by atoms with E-state index in [0.29, 0.717) is 0 Å². The molecule has 4 aromatic carbocycles. The zero-order chi connectivity index (χ0) is 33.2. The summed E-state index contributed by atoms with van der Waals surface area (Å²) < 4.78 is 0. The molecule has 4 aromatic rings. The molecular weight excluding hydrogens is 671 g/mol. The maximum absolute atomic E-state index is 4.93. The molecule has 0 aliphatic rings.